The van der Waals surface area contributed by atoms with Crippen molar-refractivity contribution in [2.24, 2.45) is 0 Å². The zero-order valence-corrected chi connectivity index (χ0v) is 14.3. The summed E-state index contributed by atoms with van der Waals surface area (Å²) < 4.78 is 4.99. The van der Waals surface area contributed by atoms with E-state index >= 15 is 0 Å². The van der Waals surface area contributed by atoms with Crippen molar-refractivity contribution in [3.05, 3.63) is 75.8 Å². The molecular weight excluding hydrogens is 350 g/mol. The molecule has 1 amide bonds. The Morgan fingerprint density at radius 1 is 1.26 bits per heavy atom. The standard InChI is InChI=1S/C19H15N3O5/c1-13(19(24)21-16-7-4-5-14(11-16)12-20)27-18(23)10-9-15-6-2-3-8-17(15)22(25)26/h2-11,13H,1H3,(H,21,24)/b10-9+/t13-/m0/s1. The lowest BCUT2D eigenvalue weighted by molar-refractivity contribution is -0.385. The molecule has 2 aromatic carbocycles. The normalized spacial score (nSPS) is 11.4. The number of nitriles is 1. The first kappa shape index (κ1) is 19.3. The summed E-state index contributed by atoms with van der Waals surface area (Å²) in [5.74, 6) is -1.39. The van der Waals surface area contributed by atoms with Crippen molar-refractivity contribution in [1.82, 2.24) is 0 Å². The lowest BCUT2D eigenvalue weighted by Crippen LogP contribution is -2.29. The minimum atomic E-state index is -1.10. The number of nitrogens with one attached hydrogen (secondary N) is 1. The summed E-state index contributed by atoms with van der Waals surface area (Å²) >= 11 is 0. The van der Waals surface area contributed by atoms with E-state index in [1.807, 2.05) is 6.07 Å². The van der Waals surface area contributed by atoms with Crippen LogP contribution in [-0.4, -0.2) is 22.9 Å². The number of carbonyl (C=O) groups is 2. The van der Waals surface area contributed by atoms with Gasteiger partial charge >= 0.3 is 5.97 Å². The van der Waals surface area contributed by atoms with E-state index in [0.29, 0.717) is 11.3 Å². The highest BCUT2D eigenvalue weighted by Crippen LogP contribution is 2.19. The van der Waals surface area contributed by atoms with Crippen molar-refractivity contribution >= 4 is 29.3 Å². The third-order valence-electron chi connectivity index (χ3n) is 3.45. The van der Waals surface area contributed by atoms with Crippen LogP contribution < -0.4 is 5.32 Å². The van der Waals surface area contributed by atoms with Gasteiger partial charge in [-0.05, 0) is 37.3 Å². The molecule has 8 heteroatoms. The SMILES string of the molecule is C[C@H](OC(=O)/C=C/c1ccccc1[N+](=O)[O-])C(=O)Nc1cccc(C#N)c1. The van der Waals surface area contributed by atoms with Crippen molar-refractivity contribution in [3.63, 3.8) is 0 Å². The van der Waals surface area contributed by atoms with E-state index in [0.717, 1.165) is 6.08 Å². The Morgan fingerprint density at radius 2 is 2.00 bits per heavy atom. The molecule has 136 valence electrons. The Kier molecular flexibility index (Phi) is 6.39. The number of hydrogen-bond acceptors (Lipinski definition) is 6. The molecule has 0 spiro atoms. The average molecular weight is 365 g/mol. The Balaban J connectivity index is 1.98. The van der Waals surface area contributed by atoms with Gasteiger partial charge in [0.05, 0.1) is 22.1 Å². The number of para-hydroxylation sites is 1. The third kappa shape index (κ3) is 5.51. The van der Waals surface area contributed by atoms with Crippen LogP contribution in [0.15, 0.2) is 54.6 Å². The van der Waals surface area contributed by atoms with Gasteiger partial charge in [-0.2, -0.15) is 5.26 Å². The number of amides is 1. The molecule has 1 N–H and O–H groups in total. The molecule has 2 rings (SSSR count). The van der Waals surface area contributed by atoms with Crippen LogP contribution in [0.2, 0.25) is 0 Å². The van der Waals surface area contributed by atoms with Gasteiger partial charge in [0, 0.05) is 17.8 Å². The molecule has 0 bridgehead atoms. The van der Waals surface area contributed by atoms with Crippen LogP contribution in [0.4, 0.5) is 11.4 Å². The molecule has 27 heavy (non-hydrogen) atoms. The lowest BCUT2D eigenvalue weighted by Gasteiger charge is -2.12. The fourth-order valence-electron chi connectivity index (χ4n) is 2.13. The summed E-state index contributed by atoms with van der Waals surface area (Å²) in [6.45, 7) is 1.39. The Bertz CT molecular complexity index is 946. The highest BCUT2D eigenvalue weighted by Gasteiger charge is 2.17. The second-order valence-electron chi connectivity index (χ2n) is 5.41. The summed E-state index contributed by atoms with van der Waals surface area (Å²) in [7, 11) is 0. The smallest absolute Gasteiger partial charge is 0.331 e. The van der Waals surface area contributed by atoms with Gasteiger partial charge in [-0.15, -0.1) is 0 Å². The van der Waals surface area contributed by atoms with Gasteiger partial charge < -0.3 is 10.1 Å². The molecule has 0 aliphatic heterocycles. The Hall–Kier alpha value is -3.99. The minimum Gasteiger partial charge on any atom is -0.449 e. The predicted molar refractivity (Wildman–Crippen MR) is 97.5 cm³/mol. The fourth-order valence-corrected chi connectivity index (χ4v) is 2.13. The molecule has 0 radical (unpaired) electrons. The van der Waals surface area contributed by atoms with Gasteiger partial charge in [-0.25, -0.2) is 4.79 Å². The number of carbonyl (C=O) groups excluding carboxylic acids is 2. The van der Waals surface area contributed by atoms with E-state index in [1.54, 1.807) is 24.3 Å². The second-order valence-corrected chi connectivity index (χ2v) is 5.41. The summed E-state index contributed by atoms with van der Waals surface area (Å²) in [5, 5.41) is 22.3. The maximum atomic E-state index is 12.1. The first-order valence-electron chi connectivity index (χ1n) is 7.84. The van der Waals surface area contributed by atoms with Gasteiger partial charge in [0.2, 0.25) is 0 Å². The van der Waals surface area contributed by atoms with Crippen molar-refractivity contribution in [2.45, 2.75) is 13.0 Å². The van der Waals surface area contributed by atoms with E-state index in [9.17, 15) is 19.7 Å². The molecular formula is C19H15N3O5. The molecule has 0 fully saturated rings. The number of esters is 1. The van der Waals surface area contributed by atoms with Crippen molar-refractivity contribution in [3.8, 4) is 6.07 Å². The Labute approximate surface area is 154 Å². The van der Waals surface area contributed by atoms with Crippen LogP contribution in [0.5, 0.6) is 0 Å². The number of nitro benzene ring substituents is 1. The quantitative estimate of drug-likeness (QED) is 0.363. The highest BCUT2D eigenvalue weighted by atomic mass is 16.6. The maximum absolute atomic E-state index is 12.1. The molecule has 0 aliphatic rings. The van der Waals surface area contributed by atoms with Crippen LogP contribution in [0.3, 0.4) is 0 Å². The van der Waals surface area contributed by atoms with E-state index < -0.39 is 22.9 Å². The zero-order chi connectivity index (χ0) is 19.8. The van der Waals surface area contributed by atoms with Gasteiger partial charge in [-0.1, -0.05) is 18.2 Å². The molecule has 0 aliphatic carbocycles. The fraction of sp³-hybridized carbons (Fsp3) is 0.105. The summed E-state index contributed by atoms with van der Waals surface area (Å²) in [5.41, 5.74) is 0.872. The lowest BCUT2D eigenvalue weighted by atomic mass is 10.1. The molecule has 0 unspecified atom stereocenters. The second kappa shape index (κ2) is 8.92. The van der Waals surface area contributed by atoms with Crippen LogP contribution in [-0.2, 0) is 14.3 Å². The van der Waals surface area contributed by atoms with E-state index in [2.05, 4.69) is 5.32 Å². The van der Waals surface area contributed by atoms with E-state index in [-0.39, 0.29) is 11.3 Å². The highest BCUT2D eigenvalue weighted by molar-refractivity contribution is 5.96. The molecule has 0 saturated heterocycles. The summed E-state index contributed by atoms with van der Waals surface area (Å²) in [4.78, 5) is 34.3. The summed E-state index contributed by atoms with van der Waals surface area (Å²) in [6.07, 6.45) is 1.17. The number of benzene rings is 2. The van der Waals surface area contributed by atoms with Crippen LogP contribution in [0, 0.1) is 21.4 Å². The van der Waals surface area contributed by atoms with Gasteiger partial charge in [0.1, 0.15) is 0 Å². The van der Waals surface area contributed by atoms with Crippen LogP contribution in [0.25, 0.3) is 6.08 Å². The monoisotopic (exact) mass is 365 g/mol. The van der Waals surface area contributed by atoms with Gasteiger partial charge in [0.25, 0.3) is 11.6 Å². The molecule has 2 aromatic rings. The minimum absolute atomic E-state index is 0.148. The molecule has 0 aromatic heterocycles. The van der Waals surface area contributed by atoms with E-state index in [1.165, 1.54) is 37.3 Å². The van der Waals surface area contributed by atoms with Crippen LogP contribution >= 0.6 is 0 Å². The van der Waals surface area contributed by atoms with Gasteiger partial charge in [-0.3, -0.25) is 14.9 Å². The van der Waals surface area contributed by atoms with Crippen molar-refractivity contribution in [1.29, 1.82) is 5.26 Å². The molecule has 0 saturated carbocycles. The number of nitrogens with zero attached hydrogens (tertiary/aromatic N) is 2. The topological polar surface area (TPSA) is 122 Å². The summed E-state index contributed by atoms with van der Waals surface area (Å²) in [6, 6.07) is 14.2. The zero-order valence-electron chi connectivity index (χ0n) is 14.3. The predicted octanol–water partition coefficient (Wildman–Crippen LogP) is 3.05. The number of hydrogen-bond donors (Lipinski definition) is 1. The number of rotatable bonds is 6. The van der Waals surface area contributed by atoms with Crippen molar-refractivity contribution < 1.29 is 19.2 Å². The van der Waals surface area contributed by atoms with E-state index in [4.69, 9.17) is 10.00 Å². The average Bonchev–Trinajstić information content (AvgIpc) is 2.66. The molecule has 0 heterocycles. The maximum Gasteiger partial charge on any atom is 0.331 e. The first-order valence-corrected chi connectivity index (χ1v) is 7.84. The number of ether oxygens (including phenoxy) is 1. The van der Waals surface area contributed by atoms with Crippen LogP contribution in [0.1, 0.15) is 18.1 Å². The number of anilines is 1. The Morgan fingerprint density at radius 3 is 2.70 bits per heavy atom. The third-order valence-corrected chi connectivity index (χ3v) is 3.45. The number of nitro groups is 1. The largest absolute Gasteiger partial charge is 0.449 e. The molecule has 1 atom stereocenters. The van der Waals surface area contributed by atoms with Crippen molar-refractivity contribution in [2.75, 3.05) is 5.32 Å². The molecule has 8 nitrogen and oxygen atoms in total. The first-order chi connectivity index (χ1) is 12.9. The van der Waals surface area contributed by atoms with Gasteiger partial charge in [0.15, 0.2) is 6.10 Å².